The average Bonchev–Trinajstić information content (AvgIpc) is 2.31. The molecule has 0 unspecified atom stereocenters. The Morgan fingerprint density at radius 3 is 3.00 bits per heavy atom. The summed E-state index contributed by atoms with van der Waals surface area (Å²) in [6.45, 7) is 3.37. The lowest BCUT2D eigenvalue weighted by atomic mass is 10.1. The van der Waals surface area contributed by atoms with Gasteiger partial charge in [0.1, 0.15) is 5.15 Å². The lowest BCUT2D eigenvalue weighted by Crippen LogP contribution is -2.12. The van der Waals surface area contributed by atoms with E-state index in [1.807, 2.05) is 31.2 Å². The van der Waals surface area contributed by atoms with E-state index < -0.39 is 0 Å². The summed E-state index contributed by atoms with van der Waals surface area (Å²) in [5, 5.41) is 5.14. The number of nitrogens with one attached hydrogen (secondary N) is 1. The number of carbonyl (C=O) groups excluding carboxylic acids is 1. The molecular weight excluding hydrogens is 250 g/mol. The second-order valence-electron chi connectivity index (χ2n) is 3.94. The number of nitrogens with zero attached hydrogens (tertiary/aromatic N) is 2. The number of aromatic nitrogens is 1. The molecule has 1 aromatic heterocycles. The Morgan fingerprint density at radius 2 is 2.28 bits per heavy atom. The van der Waals surface area contributed by atoms with E-state index in [-0.39, 0.29) is 5.91 Å². The number of carbonyl (C=O) groups is 1. The summed E-state index contributed by atoms with van der Waals surface area (Å²) in [7, 11) is 0. The van der Waals surface area contributed by atoms with Crippen molar-refractivity contribution in [1.29, 1.82) is 0 Å². The number of pyridine rings is 1. The molecule has 0 radical (unpaired) electrons. The third-order valence-electron chi connectivity index (χ3n) is 2.45. The number of hydrogen-bond donors (Lipinski definition) is 1. The van der Waals surface area contributed by atoms with Crippen molar-refractivity contribution in [2.75, 3.05) is 0 Å². The van der Waals surface area contributed by atoms with E-state index in [1.165, 1.54) is 13.1 Å². The van der Waals surface area contributed by atoms with Crippen LogP contribution in [0.5, 0.6) is 0 Å². The average molecular weight is 262 g/mol. The molecule has 0 aliphatic heterocycles. The van der Waals surface area contributed by atoms with Gasteiger partial charge >= 0.3 is 0 Å². The summed E-state index contributed by atoms with van der Waals surface area (Å²) < 4.78 is 0. The summed E-state index contributed by atoms with van der Waals surface area (Å²) in [5.74, 6) is -0.230. The summed E-state index contributed by atoms with van der Waals surface area (Å²) in [6.07, 6.45) is 1.48. The van der Waals surface area contributed by atoms with Crippen LogP contribution in [0.2, 0.25) is 5.15 Å². The van der Waals surface area contributed by atoms with Crippen LogP contribution in [0.4, 0.5) is 0 Å². The molecule has 2 rings (SSSR count). The molecule has 0 saturated carbocycles. The second kappa shape index (κ2) is 5.14. The van der Waals surface area contributed by atoms with E-state index in [4.69, 9.17) is 11.6 Å². The molecule has 2 aromatic rings. The second-order valence-corrected chi connectivity index (χ2v) is 4.30. The smallest absolute Gasteiger partial charge is 0.236 e. The number of halogens is 1. The van der Waals surface area contributed by atoms with Crippen molar-refractivity contribution in [3.8, 4) is 0 Å². The van der Waals surface area contributed by atoms with Gasteiger partial charge in [-0.25, -0.2) is 10.4 Å². The fourth-order valence-corrected chi connectivity index (χ4v) is 1.81. The lowest BCUT2D eigenvalue weighted by molar-refractivity contribution is -0.118. The summed E-state index contributed by atoms with van der Waals surface area (Å²) in [4.78, 5) is 15.0. The van der Waals surface area contributed by atoms with E-state index >= 15 is 0 Å². The zero-order valence-electron chi connectivity index (χ0n) is 10.1. The first-order valence-corrected chi connectivity index (χ1v) is 5.81. The maximum atomic E-state index is 10.7. The Hall–Kier alpha value is -1.94. The standard InChI is InChI=1S/C13H12ClN3O/c1-8-4-3-5-10-6-11(7-15-17-9(2)18)13(14)16-12(8)10/h3-7H,1-2H3,(H,17,18)/b15-7-. The fraction of sp³-hybridized carbons (Fsp3) is 0.154. The van der Waals surface area contributed by atoms with Gasteiger partial charge < -0.3 is 0 Å². The predicted molar refractivity (Wildman–Crippen MR) is 72.9 cm³/mol. The number of benzene rings is 1. The van der Waals surface area contributed by atoms with Crippen LogP contribution in [0, 0.1) is 6.92 Å². The van der Waals surface area contributed by atoms with Crippen molar-refractivity contribution in [2.45, 2.75) is 13.8 Å². The minimum Gasteiger partial charge on any atom is -0.274 e. The number of aryl methyl sites for hydroxylation is 1. The molecule has 1 heterocycles. The van der Waals surface area contributed by atoms with Crippen LogP contribution in [-0.2, 0) is 4.79 Å². The van der Waals surface area contributed by atoms with Crippen LogP contribution in [0.15, 0.2) is 29.4 Å². The molecule has 1 amide bonds. The van der Waals surface area contributed by atoms with Crippen LogP contribution in [0.25, 0.3) is 10.9 Å². The molecule has 5 heteroatoms. The van der Waals surface area contributed by atoms with E-state index in [1.54, 1.807) is 0 Å². The molecule has 0 saturated heterocycles. The highest BCUT2D eigenvalue weighted by atomic mass is 35.5. The van der Waals surface area contributed by atoms with Crippen molar-refractivity contribution in [3.63, 3.8) is 0 Å². The zero-order chi connectivity index (χ0) is 13.1. The Morgan fingerprint density at radius 1 is 1.50 bits per heavy atom. The number of hydrazone groups is 1. The number of amides is 1. The van der Waals surface area contributed by atoms with Gasteiger partial charge in [0, 0.05) is 17.9 Å². The Kier molecular flexibility index (Phi) is 3.58. The number of para-hydroxylation sites is 1. The summed E-state index contributed by atoms with van der Waals surface area (Å²) in [6, 6.07) is 7.79. The highest BCUT2D eigenvalue weighted by molar-refractivity contribution is 6.32. The molecule has 0 spiro atoms. The van der Waals surface area contributed by atoms with Gasteiger partial charge in [-0.2, -0.15) is 5.10 Å². The van der Waals surface area contributed by atoms with Crippen LogP contribution in [0.3, 0.4) is 0 Å². The third-order valence-corrected chi connectivity index (χ3v) is 2.76. The van der Waals surface area contributed by atoms with Crippen molar-refractivity contribution in [1.82, 2.24) is 10.4 Å². The predicted octanol–water partition coefficient (Wildman–Crippen LogP) is 2.67. The molecule has 1 aromatic carbocycles. The molecule has 0 atom stereocenters. The highest BCUT2D eigenvalue weighted by Crippen LogP contribution is 2.21. The molecule has 0 aliphatic rings. The van der Waals surface area contributed by atoms with Crippen LogP contribution in [-0.4, -0.2) is 17.1 Å². The van der Waals surface area contributed by atoms with Crippen molar-refractivity contribution in [2.24, 2.45) is 5.10 Å². The van der Waals surface area contributed by atoms with Crippen molar-refractivity contribution in [3.05, 3.63) is 40.5 Å². The molecule has 0 fully saturated rings. The Balaban J connectivity index is 2.44. The first kappa shape index (κ1) is 12.5. The molecule has 92 valence electrons. The fourth-order valence-electron chi connectivity index (χ4n) is 1.62. The minimum atomic E-state index is -0.230. The third kappa shape index (κ3) is 2.65. The van der Waals surface area contributed by atoms with Crippen LogP contribution >= 0.6 is 11.6 Å². The van der Waals surface area contributed by atoms with E-state index in [2.05, 4.69) is 15.5 Å². The van der Waals surface area contributed by atoms with Crippen LogP contribution < -0.4 is 5.43 Å². The topological polar surface area (TPSA) is 54.4 Å². The Labute approximate surface area is 110 Å². The number of hydrogen-bond acceptors (Lipinski definition) is 3. The minimum absolute atomic E-state index is 0.230. The summed E-state index contributed by atoms with van der Waals surface area (Å²) >= 11 is 6.08. The van der Waals surface area contributed by atoms with Crippen LogP contribution in [0.1, 0.15) is 18.1 Å². The molecule has 18 heavy (non-hydrogen) atoms. The SMILES string of the molecule is CC(=O)N/N=C\c1cc2cccc(C)c2nc1Cl. The number of rotatable bonds is 2. The number of fused-ring (bicyclic) bond motifs is 1. The highest BCUT2D eigenvalue weighted by Gasteiger charge is 2.04. The first-order chi connectivity index (χ1) is 8.58. The lowest BCUT2D eigenvalue weighted by Gasteiger charge is -2.04. The quantitative estimate of drug-likeness (QED) is 0.513. The first-order valence-electron chi connectivity index (χ1n) is 5.43. The summed E-state index contributed by atoms with van der Waals surface area (Å²) in [5.41, 5.74) is 4.94. The van der Waals surface area contributed by atoms with Gasteiger partial charge in [-0.15, -0.1) is 0 Å². The zero-order valence-corrected chi connectivity index (χ0v) is 10.8. The van der Waals surface area contributed by atoms with Gasteiger partial charge in [-0.1, -0.05) is 29.8 Å². The van der Waals surface area contributed by atoms with Gasteiger partial charge in [-0.3, -0.25) is 4.79 Å². The molecule has 0 bridgehead atoms. The molecular formula is C13H12ClN3O. The van der Waals surface area contributed by atoms with Crippen molar-refractivity contribution < 1.29 is 4.79 Å². The van der Waals surface area contributed by atoms with Gasteiger partial charge in [-0.05, 0) is 18.6 Å². The molecule has 4 nitrogen and oxygen atoms in total. The largest absolute Gasteiger partial charge is 0.274 e. The Bertz CT molecular complexity index is 637. The van der Waals surface area contributed by atoms with Gasteiger partial charge in [0.2, 0.25) is 5.91 Å². The van der Waals surface area contributed by atoms with E-state index in [9.17, 15) is 4.79 Å². The van der Waals surface area contributed by atoms with Gasteiger partial charge in [0.15, 0.2) is 0 Å². The molecule has 1 N–H and O–H groups in total. The van der Waals surface area contributed by atoms with Gasteiger partial charge in [0.25, 0.3) is 0 Å². The molecule has 0 aliphatic carbocycles. The van der Waals surface area contributed by atoms with Crippen molar-refractivity contribution >= 4 is 34.6 Å². The van der Waals surface area contributed by atoms with E-state index in [0.717, 1.165) is 16.5 Å². The normalized spacial score (nSPS) is 11.1. The van der Waals surface area contributed by atoms with Gasteiger partial charge in [0.05, 0.1) is 11.7 Å². The maximum Gasteiger partial charge on any atom is 0.236 e. The van der Waals surface area contributed by atoms with E-state index in [0.29, 0.717) is 10.7 Å². The monoisotopic (exact) mass is 261 g/mol. The maximum absolute atomic E-state index is 10.7.